The van der Waals surface area contributed by atoms with Gasteiger partial charge in [0.1, 0.15) is 30.0 Å². The van der Waals surface area contributed by atoms with Crippen molar-refractivity contribution in [1.82, 2.24) is 0 Å². The predicted molar refractivity (Wildman–Crippen MR) is 101 cm³/mol. The van der Waals surface area contributed by atoms with E-state index in [2.05, 4.69) is 0 Å². The fraction of sp³-hybridized carbons (Fsp3) is 0.632. The monoisotopic (exact) mass is 462 g/mol. The lowest BCUT2D eigenvalue weighted by atomic mass is 9.98. The second kappa shape index (κ2) is 9.82. The standard InChI is InChI=1S/C19H26O13/c1-28-10-4-8(16(25)26)2-3-9(10)30-17-14(13(23)12(22)11(5-20)31-17)32-18-15(24)19(27,6-21)7-29-18/h2-4,11-15,17-18,20-24,27H,5-7H2,1H3,(H,25,26)/t11-,12-,13+,14-,15+,17-,18+,19-/m1/s1. The number of carbonyl (C=O) groups is 1. The van der Waals surface area contributed by atoms with Crippen LogP contribution in [0.2, 0.25) is 0 Å². The van der Waals surface area contributed by atoms with Crippen molar-refractivity contribution in [3.63, 3.8) is 0 Å². The van der Waals surface area contributed by atoms with Gasteiger partial charge in [-0.1, -0.05) is 0 Å². The number of benzene rings is 1. The first-order valence-electron chi connectivity index (χ1n) is 9.64. The number of aromatic carboxylic acids is 1. The van der Waals surface area contributed by atoms with Crippen molar-refractivity contribution in [2.75, 3.05) is 26.9 Å². The second-order valence-corrected chi connectivity index (χ2v) is 7.48. The molecule has 1 aromatic rings. The van der Waals surface area contributed by atoms with E-state index in [4.69, 9.17) is 28.8 Å². The van der Waals surface area contributed by atoms with Crippen molar-refractivity contribution < 1.29 is 64.2 Å². The molecule has 2 aliphatic rings. The van der Waals surface area contributed by atoms with E-state index in [1.54, 1.807) is 0 Å². The molecule has 7 N–H and O–H groups in total. The summed E-state index contributed by atoms with van der Waals surface area (Å²) in [4.78, 5) is 11.2. The van der Waals surface area contributed by atoms with Crippen LogP contribution in [0.5, 0.6) is 11.5 Å². The van der Waals surface area contributed by atoms with E-state index in [1.165, 1.54) is 25.3 Å². The van der Waals surface area contributed by atoms with Crippen LogP contribution < -0.4 is 9.47 Å². The summed E-state index contributed by atoms with van der Waals surface area (Å²) >= 11 is 0. The van der Waals surface area contributed by atoms with Crippen LogP contribution in [0.4, 0.5) is 0 Å². The first kappa shape index (κ1) is 24.6. The topological polar surface area (TPSA) is 205 Å². The summed E-state index contributed by atoms with van der Waals surface area (Å²) in [5, 5.41) is 69.0. The van der Waals surface area contributed by atoms with Gasteiger partial charge in [0.2, 0.25) is 6.29 Å². The SMILES string of the molecule is COc1cc(C(=O)O)ccc1O[C@@H]1O[C@H](CO)[C@@H](O)[C@H](O)[C@H]1O[C@@H]1OC[C@](O)(CO)[C@H]1O. The first-order chi connectivity index (χ1) is 15.1. The van der Waals surface area contributed by atoms with E-state index in [0.717, 1.165) is 0 Å². The van der Waals surface area contributed by atoms with Gasteiger partial charge in [-0.3, -0.25) is 0 Å². The lowest BCUT2D eigenvalue weighted by Gasteiger charge is -2.42. The summed E-state index contributed by atoms with van der Waals surface area (Å²) in [6.07, 6.45) is -10.8. The third kappa shape index (κ3) is 4.66. The number of carboxylic acids is 1. The van der Waals surface area contributed by atoms with Crippen LogP contribution in [-0.4, -0.2) is 117 Å². The molecule has 2 fully saturated rings. The van der Waals surface area contributed by atoms with Crippen LogP contribution >= 0.6 is 0 Å². The highest BCUT2D eigenvalue weighted by atomic mass is 16.8. The van der Waals surface area contributed by atoms with E-state index in [-0.39, 0.29) is 17.1 Å². The van der Waals surface area contributed by atoms with Gasteiger partial charge in [0.15, 0.2) is 23.9 Å². The third-order valence-corrected chi connectivity index (χ3v) is 5.35. The average molecular weight is 462 g/mol. The van der Waals surface area contributed by atoms with Gasteiger partial charge in [-0.05, 0) is 18.2 Å². The van der Waals surface area contributed by atoms with Crippen LogP contribution in [0.3, 0.4) is 0 Å². The largest absolute Gasteiger partial charge is 0.493 e. The lowest BCUT2D eigenvalue weighted by Crippen LogP contribution is -2.62. The van der Waals surface area contributed by atoms with Gasteiger partial charge in [0.05, 0.1) is 32.5 Å². The smallest absolute Gasteiger partial charge is 0.335 e. The van der Waals surface area contributed by atoms with Crippen LogP contribution in [-0.2, 0) is 14.2 Å². The molecule has 32 heavy (non-hydrogen) atoms. The van der Waals surface area contributed by atoms with Crippen LogP contribution in [0, 0.1) is 0 Å². The van der Waals surface area contributed by atoms with Crippen LogP contribution in [0.25, 0.3) is 0 Å². The summed E-state index contributed by atoms with van der Waals surface area (Å²) in [7, 11) is 1.27. The van der Waals surface area contributed by atoms with Crippen molar-refractivity contribution >= 4 is 5.97 Å². The molecule has 0 unspecified atom stereocenters. The van der Waals surface area contributed by atoms with Crippen molar-refractivity contribution in [2.45, 2.75) is 48.7 Å². The van der Waals surface area contributed by atoms with Gasteiger partial charge < -0.3 is 59.4 Å². The third-order valence-electron chi connectivity index (χ3n) is 5.35. The Hall–Kier alpha value is -2.07. The minimum absolute atomic E-state index is 0.00358. The van der Waals surface area contributed by atoms with E-state index in [0.29, 0.717) is 0 Å². The molecule has 2 saturated heterocycles. The van der Waals surface area contributed by atoms with E-state index in [9.17, 15) is 35.4 Å². The summed E-state index contributed by atoms with van der Waals surface area (Å²) in [5.41, 5.74) is -2.08. The Kier molecular flexibility index (Phi) is 7.54. The van der Waals surface area contributed by atoms with Gasteiger partial charge in [-0.25, -0.2) is 4.79 Å². The molecular weight excluding hydrogens is 436 g/mol. The Morgan fingerprint density at radius 1 is 1.16 bits per heavy atom. The molecule has 0 aromatic heterocycles. The quantitative estimate of drug-likeness (QED) is 0.206. The highest BCUT2D eigenvalue weighted by Gasteiger charge is 2.53. The lowest BCUT2D eigenvalue weighted by molar-refractivity contribution is -0.319. The number of methoxy groups -OCH3 is 1. The zero-order chi connectivity index (χ0) is 23.6. The van der Waals surface area contributed by atoms with Gasteiger partial charge in [0, 0.05) is 0 Å². The van der Waals surface area contributed by atoms with E-state index < -0.39 is 74.5 Å². The highest BCUT2D eigenvalue weighted by molar-refractivity contribution is 5.88. The minimum atomic E-state index is -2.00. The fourth-order valence-corrected chi connectivity index (χ4v) is 3.38. The van der Waals surface area contributed by atoms with Crippen molar-refractivity contribution in [2.24, 2.45) is 0 Å². The number of aliphatic hydroxyl groups excluding tert-OH is 5. The molecule has 13 nitrogen and oxygen atoms in total. The molecule has 0 bridgehead atoms. The number of hydrogen-bond donors (Lipinski definition) is 7. The van der Waals surface area contributed by atoms with Gasteiger partial charge in [-0.2, -0.15) is 0 Å². The highest BCUT2D eigenvalue weighted by Crippen LogP contribution is 2.35. The van der Waals surface area contributed by atoms with Crippen LogP contribution in [0.1, 0.15) is 10.4 Å². The van der Waals surface area contributed by atoms with Crippen molar-refractivity contribution in [1.29, 1.82) is 0 Å². The molecule has 8 atom stereocenters. The molecule has 0 saturated carbocycles. The van der Waals surface area contributed by atoms with Gasteiger partial charge in [-0.15, -0.1) is 0 Å². The Morgan fingerprint density at radius 3 is 2.44 bits per heavy atom. The first-order valence-corrected chi connectivity index (χ1v) is 9.64. The molecule has 2 heterocycles. The Morgan fingerprint density at radius 2 is 1.88 bits per heavy atom. The number of hydrogen-bond acceptors (Lipinski definition) is 12. The van der Waals surface area contributed by atoms with E-state index >= 15 is 0 Å². The number of carboxylic acid groups (broad SMARTS) is 1. The zero-order valence-corrected chi connectivity index (χ0v) is 17.0. The van der Waals surface area contributed by atoms with Gasteiger partial charge in [0.25, 0.3) is 0 Å². The minimum Gasteiger partial charge on any atom is -0.493 e. The normalized spacial score (nSPS) is 37.3. The van der Waals surface area contributed by atoms with Gasteiger partial charge >= 0.3 is 5.97 Å². The molecule has 0 radical (unpaired) electrons. The molecule has 1 aromatic carbocycles. The number of rotatable bonds is 8. The van der Waals surface area contributed by atoms with Crippen molar-refractivity contribution in [3.05, 3.63) is 23.8 Å². The molecule has 180 valence electrons. The number of ether oxygens (including phenoxy) is 5. The molecule has 0 amide bonds. The zero-order valence-electron chi connectivity index (χ0n) is 17.0. The maximum absolute atomic E-state index is 11.2. The fourth-order valence-electron chi connectivity index (χ4n) is 3.38. The summed E-state index contributed by atoms with van der Waals surface area (Å²) < 4.78 is 27.1. The molecule has 0 aliphatic carbocycles. The average Bonchev–Trinajstić information content (AvgIpc) is 3.07. The maximum Gasteiger partial charge on any atom is 0.335 e. The molecule has 3 rings (SSSR count). The Balaban J connectivity index is 1.86. The second-order valence-electron chi connectivity index (χ2n) is 7.48. The summed E-state index contributed by atoms with van der Waals surface area (Å²) in [5.74, 6) is -1.19. The molecule has 2 aliphatic heterocycles. The van der Waals surface area contributed by atoms with Crippen LogP contribution in [0.15, 0.2) is 18.2 Å². The molecular formula is C19H26O13. The summed E-state index contributed by atoms with van der Waals surface area (Å²) in [6.45, 7) is -1.95. The summed E-state index contributed by atoms with van der Waals surface area (Å²) in [6, 6.07) is 3.70. The van der Waals surface area contributed by atoms with E-state index in [1.807, 2.05) is 0 Å². The molecule has 13 heteroatoms. The Bertz CT molecular complexity index is 803. The van der Waals surface area contributed by atoms with Crippen molar-refractivity contribution in [3.8, 4) is 11.5 Å². The predicted octanol–water partition coefficient (Wildman–Crippen LogP) is -2.96. The Labute approximate surface area is 181 Å². The number of aliphatic hydroxyl groups is 6. The molecule has 0 spiro atoms. The maximum atomic E-state index is 11.2.